The summed E-state index contributed by atoms with van der Waals surface area (Å²) in [7, 11) is 0. The third-order valence-electron chi connectivity index (χ3n) is 5.50. The number of benzene rings is 1. The van der Waals surface area contributed by atoms with Gasteiger partial charge in [-0.15, -0.1) is 0 Å². The average molecular weight is 454 g/mol. The molecule has 5 heteroatoms. The molecule has 0 spiro atoms. The van der Waals surface area contributed by atoms with Gasteiger partial charge in [-0.25, -0.2) is 0 Å². The highest BCUT2D eigenvalue weighted by Gasteiger charge is 2.25. The molecule has 1 aliphatic carbocycles. The van der Waals surface area contributed by atoms with Gasteiger partial charge in [0.1, 0.15) is 0 Å². The second-order valence-corrected chi connectivity index (χ2v) is 8.47. The average Bonchev–Trinajstić information content (AvgIpc) is 2.67. The Morgan fingerprint density at radius 3 is 2.16 bits per heavy atom. The van der Waals surface area contributed by atoms with Crippen molar-refractivity contribution in [1.82, 2.24) is 9.80 Å². The van der Waals surface area contributed by atoms with Crippen LogP contribution in [0, 0.1) is 9.49 Å². The van der Waals surface area contributed by atoms with E-state index in [9.17, 15) is 9.59 Å². The van der Waals surface area contributed by atoms with Crippen molar-refractivity contribution < 1.29 is 9.59 Å². The molecule has 1 saturated carbocycles. The fourth-order valence-electron chi connectivity index (χ4n) is 3.90. The zero-order valence-electron chi connectivity index (χ0n) is 14.8. The summed E-state index contributed by atoms with van der Waals surface area (Å²) in [6, 6.07) is 7.68. The van der Waals surface area contributed by atoms with Crippen LogP contribution in [0.2, 0.25) is 0 Å². The zero-order valence-corrected chi connectivity index (χ0v) is 16.9. The van der Waals surface area contributed by atoms with Crippen LogP contribution >= 0.6 is 22.6 Å². The standard InChI is InChI=1S/C20H27IN2O2/c21-18-9-7-17(8-10-18)20(25)23-14-12-22(13-15-23)19(24)11-6-16-4-2-1-3-5-16/h7-10,16H,1-6,11-15H2. The molecule has 2 fully saturated rings. The van der Waals surface area contributed by atoms with E-state index in [0.717, 1.165) is 21.5 Å². The lowest BCUT2D eigenvalue weighted by atomic mass is 9.86. The SMILES string of the molecule is O=C(CCC1CCCCC1)N1CCN(C(=O)c2ccc(I)cc2)CC1. The number of rotatable bonds is 4. The van der Waals surface area contributed by atoms with Crippen molar-refractivity contribution in [3.05, 3.63) is 33.4 Å². The monoisotopic (exact) mass is 454 g/mol. The minimum Gasteiger partial charge on any atom is -0.339 e. The predicted octanol–water partition coefficient (Wildman–Crippen LogP) is 3.94. The first-order chi connectivity index (χ1) is 12.1. The van der Waals surface area contributed by atoms with Gasteiger partial charge in [-0.05, 0) is 59.2 Å². The molecule has 136 valence electrons. The Balaban J connectivity index is 1.43. The molecular weight excluding hydrogens is 427 g/mol. The molecule has 0 unspecified atom stereocenters. The summed E-state index contributed by atoms with van der Waals surface area (Å²) in [5.41, 5.74) is 0.734. The van der Waals surface area contributed by atoms with E-state index in [4.69, 9.17) is 0 Å². The number of amides is 2. The van der Waals surface area contributed by atoms with E-state index < -0.39 is 0 Å². The van der Waals surface area contributed by atoms with Crippen molar-refractivity contribution in [1.29, 1.82) is 0 Å². The summed E-state index contributed by atoms with van der Waals surface area (Å²) < 4.78 is 1.13. The number of nitrogens with zero attached hydrogens (tertiary/aromatic N) is 2. The van der Waals surface area contributed by atoms with E-state index >= 15 is 0 Å². The molecule has 3 rings (SSSR count). The Hall–Kier alpha value is -1.11. The van der Waals surface area contributed by atoms with Crippen LogP contribution in [0.4, 0.5) is 0 Å². The van der Waals surface area contributed by atoms with Gasteiger partial charge >= 0.3 is 0 Å². The fourth-order valence-corrected chi connectivity index (χ4v) is 4.26. The van der Waals surface area contributed by atoms with E-state index in [-0.39, 0.29) is 11.8 Å². The Labute approximate surface area is 164 Å². The number of carbonyl (C=O) groups excluding carboxylic acids is 2. The van der Waals surface area contributed by atoms with Crippen LogP contribution in [0.1, 0.15) is 55.3 Å². The number of halogens is 1. The molecule has 0 bridgehead atoms. The normalized spacial score (nSPS) is 19.1. The molecule has 1 heterocycles. The molecule has 0 N–H and O–H groups in total. The number of hydrogen-bond donors (Lipinski definition) is 0. The minimum atomic E-state index is 0.0747. The first-order valence-corrected chi connectivity index (χ1v) is 10.5. The maximum absolute atomic E-state index is 12.5. The molecule has 1 aromatic rings. The summed E-state index contributed by atoms with van der Waals surface area (Å²) in [5.74, 6) is 1.10. The van der Waals surface area contributed by atoms with Crippen LogP contribution in [0.3, 0.4) is 0 Å². The minimum absolute atomic E-state index is 0.0747. The summed E-state index contributed by atoms with van der Waals surface area (Å²) >= 11 is 2.24. The maximum atomic E-state index is 12.5. The van der Waals surface area contributed by atoms with Crippen molar-refractivity contribution in [2.75, 3.05) is 26.2 Å². The van der Waals surface area contributed by atoms with Gasteiger partial charge < -0.3 is 9.80 Å². The van der Waals surface area contributed by atoms with Gasteiger partial charge in [-0.2, -0.15) is 0 Å². The van der Waals surface area contributed by atoms with E-state index in [1.165, 1.54) is 32.1 Å². The third-order valence-corrected chi connectivity index (χ3v) is 6.22. The van der Waals surface area contributed by atoms with Crippen LogP contribution in [-0.4, -0.2) is 47.8 Å². The van der Waals surface area contributed by atoms with Crippen molar-refractivity contribution in [2.45, 2.75) is 44.9 Å². The van der Waals surface area contributed by atoms with Crippen molar-refractivity contribution in [3.8, 4) is 0 Å². The van der Waals surface area contributed by atoms with Crippen LogP contribution in [0.25, 0.3) is 0 Å². The Morgan fingerprint density at radius 2 is 1.52 bits per heavy atom. The van der Waals surface area contributed by atoms with E-state index in [1.54, 1.807) is 0 Å². The van der Waals surface area contributed by atoms with E-state index in [0.29, 0.717) is 32.6 Å². The third kappa shape index (κ3) is 5.19. The molecule has 0 aromatic heterocycles. The Kier molecular flexibility index (Phi) is 6.73. The molecule has 2 amide bonds. The van der Waals surface area contributed by atoms with Gasteiger partial charge in [-0.1, -0.05) is 32.1 Å². The largest absolute Gasteiger partial charge is 0.339 e. The predicted molar refractivity (Wildman–Crippen MR) is 107 cm³/mol. The van der Waals surface area contributed by atoms with Crippen LogP contribution in [0.15, 0.2) is 24.3 Å². The number of piperazine rings is 1. The molecule has 0 atom stereocenters. The first kappa shape index (κ1) is 18.7. The van der Waals surface area contributed by atoms with E-state index in [1.807, 2.05) is 34.1 Å². The Bertz CT molecular complexity index is 588. The highest BCUT2D eigenvalue weighted by Crippen LogP contribution is 2.27. The second-order valence-electron chi connectivity index (χ2n) is 7.22. The van der Waals surface area contributed by atoms with Crippen molar-refractivity contribution in [3.63, 3.8) is 0 Å². The highest BCUT2D eigenvalue weighted by molar-refractivity contribution is 14.1. The zero-order chi connectivity index (χ0) is 17.6. The van der Waals surface area contributed by atoms with Crippen molar-refractivity contribution >= 4 is 34.4 Å². The van der Waals surface area contributed by atoms with Gasteiger partial charge in [0, 0.05) is 41.7 Å². The lowest BCUT2D eigenvalue weighted by Crippen LogP contribution is -2.50. The summed E-state index contributed by atoms with van der Waals surface area (Å²) in [6.45, 7) is 2.61. The summed E-state index contributed by atoms with van der Waals surface area (Å²) in [4.78, 5) is 28.8. The molecule has 1 saturated heterocycles. The molecule has 25 heavy (non-hydrogen) atoms. The lowest BCUT2D eigenvalue weighted by molar-refractivity contribution is -0.133. The Morgan fingerprint density at radius 1 is 0.920 bits per heavy atom. The van der Waals surface area contributed by atoms with Crippen LogP contribution in [0.5, 0.6) is 0 Å². The van der Waals surface area contributed by atoms with Gasteiger partial charge in [0.25, 0.3) is 5.91 Å². The molecule has 2 aliphatic rings. The fraction of sp³-hybridized carbons (Fsp3) is 0.600. The molecule has 1 aromatic carbocycles. The summed E-state index contributed by atoms with van der Waals surface area (Å²) in [5, 5.41) is 0. The lowest BCUT2D eigenvalue weighted by Gasteiger charge is -2.35. The van der Waals surface area contributed by atoms with Gasteiger partial charge in [-0.3, -0.25) is 9.59 Å². The highest BCUT2D eigenvalue weighted by atomic mass is 127. The topological polar surface area (TPSA) is 40.6 Å². The molecule has 1 aliphatic heterocycles. The van der Waals surface area contributed by atoms with Crippen LogP contribution in [-0.2, 0) is 4.79 Å². The molecule has 4 nitrogen and oxygen atoms in total. The molecule has 0 radical (unpaired) electrons. The maximum Gasteiger partial charge on any atom is 0.253 e. The number of hydrogen-bond acceptors (Lipinski definition) is 2. The van der Waals surface area contributed by atoms with E-state index in [2.05, 4.69) is 22.6 Å². The van der Waals surface area contributed by atoms with Gasteiger partial charge in [0.15, 0.2) is 0 Å². The first-order valence-electron chi connectivity index (χ1n) is 9.46. The van der Waals surface area contributed by atoms with Crippen molar-refractivity contribution in [2.24, 2.45) is 5.92 Å². The molecular formula is C20H27IN2O2. The quantitative estimate of drug-likeness (QED) is 0.647. The second kappa shape index (κ2) is 9.01. The van der Waals surface area contributed by atoms with Gasteiger partial charge in [0.2, 0.25) is 5.91 Å². The van der Waals surface area contributed by atoms with Crippen LogP contribution < -0.4 is 0 Å². The van der Waals surface area contributed by atoms with Gasteiger partial charge in [0.05, 0.1) is 0 Å². The number of carbonyl (C=O) groups is 2. The smallest absolute Gasteiger partial charge is 0.253 e. The summed E-state index contributed by atoms with van der Waals surface area (Å²) in [6.07, 6.45) is 8.34.